The maximum absolute atomic E-state index is 13.4. The third-order valence-electron chi connectivity index (χ3n) is 6.45. The first-order chi connectivity index (χ1) is 17.4. The number of fused-ring (bicyclic) bond motifs is 1. The van der Waals surface area contributed by atoms with Gasteiger partial charge in [-0.05, 0) is 47.5 Å². The summed E-state index contributed by atoms with van der Waals surface area (Å²) >= 11 is 6.01. The zero-order valence-electron chi connectivity index (χ0n) is 19.6. The third kappa shape index (κ3) is 4.70. The highest BCUT2D eigenvalue weighted by molar-refractivity contribution is 6.33. The average molecular weight is 501 g/mol. The quantitative estimate of drug-likeness (QED) is 0.431. The summed E-state index contributed by atoms with van der Waals surface area (Å²) in [5, 5.41) is 0.375. The lowest BCUT2D eigenvalue weighted by atomic mass is 10.1. The van der Waals surface area contributed by atoms with Gasteiger partial charge >= 0.3 is 0 Å². The van der Waals surface area contributed by atoms with Crippen LogP contribution in [0.4, 0.5) is 11.4 Å². The molecule has 0 saturated heterocycles. The molecule has 2 aliphatic heterocycles. The van der Waals surface area contributed by atoms with Crippen LogP contribution in [0.1, 0.15) is 31.8 Å². The number of halogens is 1. The largest absolute Gasteiger partial charge is 0.398 e. The van der Waals surface area contributed by atoms with E-state index in [1.165, 1.54) is 11.0 Å². The highest BCUT2D eigenvalue weighted by Crippen LogP contribution is 2.29. The molecule has 0 unspecified atom stereocenters. The SMILES string of the molecule is Nc1cc(C(=O)N2CC(=O)N(Cc3ccc(C(=O)N4CC=CC4)cc3)c3ccccc3C2)ccc1Cl. The van der Waals surface area contributed by atoms with Crippen molar-refractivity contribution in [3.63, 3.8) is 0 Å². The van der Waals surface area contributed by atoms with Crippen LogP contribution < -0.4 is 10.6 Å². The molecule has 2 N–H and O–H groups in total. The summed E-state index contributed by atoms with van der Waals surface area (Å²) in [6, 6.07) is 19.6. The normalized spacial score (nSPS) is 15.1. The molecule has 5 rings (SSSR count). The molecule has 0 bridgehead atoms. The Balaban J connectivity index is 1.37. The monoisotopic (exact) mass is 500 g/mol. The number of hydrogen-bond donors (Lipinski definition) is 1. The van der Waals surface area contributed by atoms with Gasteiger partial charge in [0.1, 0.15) is 6.54 Å². The van der Waals surface area contributed by atoms with E-state index in [1.807, 2.05) is 48.6 Å². The molecule has 0 fully saturated rings. The Bertz CT molecular complexity index is 1360. The molecule has 36 heavy (non-hydrogen) atoms. The van der Waals surface area contributed by atoms with Crippen LogP contribution >= 0.6 is 11.6 Å². The van der Waals surface area contributed by atoms with Gasteiger partial charge in [-0.1, -0.05) is 54.1 Å². The number of nitrogens with zero attached hydrogens (tertiary/aromatic N) is 3. The standard InChI is InChI=1S/C28H25ClN4O3/c29-23-12-11-21(15-24(23)30)28(36)32-17-22-5-1-2-6-25(22)33(26(34)18-32)16-19-7-9-20(10-8-19)27(35)31-13-3-4-14-31/h1-12,15H,13-14,16-18,30H2. The Morgan fingerprint density at radius 1 is 0.833 bits per heavy atom. The maximum atomic E-state index is 13.4. The maximum Gasteiger partial charge on any atom is 0.254 e. The molecule has 3 aromatic carbocycles. The van der Waals surface area contributed by atoms with Crippen molar-refractivity contribution in [2.75, 3.05) is 30.3 Å². The topological polar surface area (TPSA) is 87.0 Å². The van der Waals surface area contributed by atoms with Gasteiger partial charge in [0.15, 0.2) is 0 Å². The Kier molecular flexibility index (Phi) is 6.48. The summed E-state index contributed by atoms with van der Waals surface area (Å²) in [4.78, 5) is 44.3. The predicted octanol–water partition coefficient (Wildman–Crippen LogP) is 4.12. The van der Waals surface area contributed by atoms with Crippen molar-refractivity contribution in [1.29, 1.82) is 0 Å². The van der Waals surface area contributed by atoms with Crippen molar-refractivity contribution in [1.82, 2.24) is 9.80 Å². The fourth-order valence-electron chi connectivity index (χ4n) is 4.49. The van der Waals surface area contributed by atoms with Crippen LogP contribution in [0.5, 0.6) is 0 Å². The summed E-state index contributed by atoms with van der Waals surface area (Å²) in [6.07, 6.45) is 3.95. The number of nitrogens with two attached hydrogens (primary N) is 1. The molecule has 182 valence electrons. The third-order valence-corrected chi connectivity index (χ3v) is 6.79. The molecule has 7 nitrogen and oxygen atoms in total. The van der Waals surface area contributed by atoms with Crippen molar-refractivity contribution >= 4 is 40.7 Å². The highest BCUT2D eigenvalue weighted by atomic mass is 35.5. The van der Waals surface area contributed by atoms with E-state index in [0.717, 1.165) is 16.8 Å². The molecule has 2 heterocycles. The lowest BCUT2D eigenvalue weighted by Crippen LogP contribution is -2.39. The summed E-state index contributed by atoms with van der Waals surface area (Å²) < 4.78 is 0. The smallest absolute Gasteiger partial charge is 0.254 e. The molecule has 8 heteroatoms. The summed E-state index contributed by atoms with van der Waals surface area (Å²) in [7, 11) is 0. The number of para-hydroxylation sites is 1. The number of benzene rings is 3. The van der Waals surface area contributed by atoms with E-state index in [-0.39, 0.29) is 30.8 Å². The minimum atomic E-state index is -0.289. The number of anilines is 2. The van der Waals surface area contributed by atoms with Crippen molar-refractivity contribution in [3.05, 3.63) is 106 Å². The Labute approximate surface area is 214 Å². The van der Waals surface area contributed by atoms with Gasteiger partial charge in [-0.25, -0.2) is 0 Å². The van der Waals surface area contributed by atoms with Crippen LogP contribution in [0.3, 0.4) is 0 Å². The Hall–Kier alpha value is -4.10. The summed E-state index contributed by atoms with van der Waals surface area (Å²) in [5.74, 6) is -0.499. The van der Waals surface area contributed by atoms with Crippen molar-refractivity contribution in [2.24, 2.45) is 0 Å². The number of rotatable bonds is 4. The van der Waals surface area contributed by atoms with E-state index in [9.17, 15) is 14.4 Å². The molecule has 0 saturated carbocycles. The molecule has 2 aliphatic rings. The first-order valence-electron chi connectivity index (χ1n) is 11.7. The van der Waals surface area contributed by atoms with Crippen molar-refractivity contribution in [2.45, 2.75) is 13.1 Å². The molecule has 0 aliphatic carbocycles. The van der Waals surface area contributed by atoms with Crippen molar-refractivity contribution < 1.29 is 14.4 Å². The average Bonchev–Trinajstić information content (AvgIpc) is 3.39. The predicted molar refractivity (Wildman–Crippen MR) is 140 cm³/mol. The second-order valence-electron chi connectivity index (χ2n) is 8.88. The minimum absolute atomic E-state index is 0.0141. The van der Waals surface area contributed by atoms with Crippen LogP contribution in [0.25, 0.3) is 0 Å². The molecule has 3 aromatic rings. The summed E-state index contributed by atoms with van der Waals surface area (Å²) in [5.41, 5.74) is 9.71. The van der Waals surface area contributed by atoms with Crippen LogP contribution in [0.2, 0.25) is 5.02 Å². The molecular weight excluding hydrogens is 476 g/mol. The second kappa shape index (κ2) is 9.87. The van der Waals surface area contributed by atoms with Crippen LogP contribution in [-0.2, 0) is 17.9 Å². The van der Waals surface area contributed by atoms with E-state index >= 15 is 0 Å². The number of carbonyl (C=O) groups excluding carboxylic acids is 3. The number of carbonyl (C=O) groups is 3. The fraction of sp³-hybridized carbons (Fsp3) is 0.179. The van der Waals surface area contributed by atoms with Crippen LogP contribution in [0.15, 0.2) is 78.9 Å². The fourth-order valence-corrected chi connectivity index (χ4v) is 4.61. The van der Waals surface area contributed by atoms with Gasteiger partial charge in [0.25, 0.3) is 11.8 Å². The molecule has 3 amide bonds. The van der Waals surface area contributed by atoms with Crippen molar-refractivity contribution in [3.8, 4) is 0 Å². The van der Waals surface area contributed by atoms with E-state index in [1.54, 1.807) is 34.1 Å². The van der Waals surface area contributed by atoms with E-state index < -0.39 is 0 Å². The minimum Gasteiger partial charge on any atom is -0.398 e. The molecule has 0 aromatic heterocycles. The van der Waals surface area contributed by atoms with E-state index in [2.05, 4.69) is 0 Å². The Morgan fingerprint density at radius 3 is 2.22 bits per heavy atom. The van der Waals surface area contributed by atoms with E-state index in [0.29, 0.717) is 41.5 Å². The zero-order valence-corrected chi connectivity index (χ0v) is 20.3. The van der Waals surface area contributed by atoms with Gasteiger partial charge in [-0.2, -0.15) is 0 Å². The first-order valence-corrected chi connectivity index (χ1v) is 12.0. The molecule has 0 radical (unpaired) electrons. The van der Waals surface area contributed by atoms with Crippen LogP contribution in [0, 0.1) is 0 Å². The molecular formula is C28H25ClN4O3. The first kappa shape index (κ1) is 23.6. The summed E-state index contributed by atoms with van der Waals surface area (Å²) in [6.45, 7) is 1.78. The lowest BCUT2D eigenvalue weighted by molar-refractivity contribution is -0.119. The lowest BCUT2D eigenvalue weighted by Gasteiger charge is -2.23. The van der Waals surface area contributed by atoms with Crippen LogP contribution in [-0.4, -0.2) is 47.2 Å². The van der Waals surface area contributed by atoms with Gasteiger partial charge in [-0.15, -0.1) is 0 Å². The number of amides is 3. The molecule has 0 atom stereocenters. The van der Waals surface area contributed by atoms with Gasteiger partial charge in [0.05, 0.1) is 17.3 Å². The number of hydrogen-bond acceptors (Lipinski definition) is 4. The van der Waals surface area contributed by atoms with Gasteiger partial charge in [-0.3, -0.25) is 14.4 Å². The van der Waals surface area contributed by atoms with Gasteiger partial charge in [0, 0.05) is 36.4 Å². The molecule has 0 spiro atoms. The highest BCUT2D eigenvalue weighted by Gasteiger charge is 2.29. The zero-order chi connectivity index (χ0) is 25.2. The van der Waals surface area contributed by atoms with Gasteiger partial charge in [0.2, 0.25) is 5.91 Å². The van der Waals surface area contributed by atoms with Gasteiger partial charge < -0.3 is 20.4 Å². The second-order valence-corrected chi connectivity index (χ2v) is 9.29. The Morgan fingerprint density at radius 2 is 1.50 bits per heavy atom. The number of nitrogen functional groups attached to an aromatic ring is 1. The van der Waals surface area contributed by atoms with E-state index in [4.69, 9.17) is 17.3 Å².